The van der Waals surface area contributed by atoms with Crippen LogP contribution in [-0.2, 0) is 4.79 Å². The summed E-state index contributed by atoms with van der Waals surface area (Å²) in [4.78, 5) is 19.9. The van der Waals surface area contributed by atoms with E-state index < -0.39 is 36.2 Å². The first-order chi connectivity index (χ1) is 14.4. The molecule has 1 aliphatic rings. The van der Waals surface area contributed by atoms with Crippen LogP contribution >= 0.6 is 11.6 Å². The third-order valence-corrected chi connectivity index (χ3v) is 5.70. The number of aliphatic hydroxyl groups is 3. The molecule has 4 N–H and O–H groups in total. The molecule has 9 nitrogen and oxygen atoms in total. The first-order valence-electron chi connectivity index (χ1n) is 9.32. The zero-order chi connectivity index (χ0) is 21.4. The van der Waals surface area contributed by atoms with Gasteiger partial charge < -0.3 is 20.6 Å². The third kappa shape index (κ3) is 3.56. The van der Waals surface area contributed by atoms with Crippen LogP contribution in [0.1, 0.15) is 24.1 Å². The Bertz CT molecular complexity index is 1090. The summed E-state index contributed by atoms with van der Waals surface area (Å²) < 4.78 is 1.49. The predicted octanol–water partition coefficient (Wildman–Crippen LogP) is 1.62. The lowest BCUT2D eigenvalue weighted by molar-refractivity contribution is -0.111. The van der Waals surface area contributed by atoms with E-state index in [1.807, 2.05) is 0 Å². The smallest absolute Gasteiger partial charge is 0.248 e. The molecule has 5 atom stereocenters. The summed E-state index contributed by atoms with van der Waals surface area (Å²) >= 11 is 5.90. The molecule has 4 rings (SSSR count). The number of fused-ring (bicyclic) bond motifs is 1. The molecular weight excluding hydrogens is 410 g/mol. The van der Waals surface area contributed by atoms with Gasteiger partial charge in [-0.15, -0.1) is 0 Å². The normalized spacial score (nSPS) is 24.7. The number of amides is 1. The average Bonchev–Trinajstić information content (AvgIpc) is 3.30. The van der Waals surface area contributed by atoms with Crippen LogP contribution in [0.2, 0.25) is 5.02 Å². The lowest BCUT2D eigenvalue weighted by atomic mass is 9.92. The van der Waals surface area contributed by atoms with Crippen molar-refractivity contribution < 1.29 is 20.1 Å². The summed E-state index contributed by atoms with van der Waals surface area (Å²) in [5.74, 6) is -0.778. The number of nitrogens with zero attached hydrogens (tertiary/aromatic N) is 4. The maximum atomic E-state index is 11.6. The fourth-order valence-electron chi connectivity index (χ4n) is 3.88. The fraction of sp³-hybridized carbons (Fsp3) is 0.300. The molecule has 156 valence electrons. The maximum Gasteiger partial charge on any atom is 0.248 e. The Hall–Kier alpha value is -2.85. The highest BCUT2D eigenvalue weighted by Gasteiger charge is 2.46. The van der Waals surface area contributed by atoms with Crippen molar-refractivity contribution in [2.75, 3.05) is 5.32 Å². The number of hydrogen-bond donors (Lipinski definition) is 4. The Balaban J connectivity index is 1.64. The predicted molar refractivity (Wildman–Crippen MR) is 110 cm³/mol. The Kier molecular flexibility index (Phi) is 5.52. The van der Waals surface area contributed by atoms with Crippen molar-refractivity contribution in [3.8, 4) is 0 Å². The number of aliphatic hydroxyl groups excluding tert-OH is 3. The van der Waals surface area contributed by atoms with Crippen molar-refractivity contribution in [2.45, 2.75) is 30.8 Å². The lowest BCUT2D eigenvalue weighted by Gasteiger charge is -2.22. The summed E-state index contributed by atoms with van der Waals surface area (Å²) in [5, 5.41) is 40.0. The van der Waals surface area contributed by atoms with E-state index in [1.54, 1.807) is 24.3 Å². The van der Waals surface area contributed by atoms with Gasteiger partial charge in [0.1, 0.15) is 18.2 Å². The van der Waals surface area contributed by atoms with Crippen molar-refractivity contribution in [2.24, 2.45) is 5.92 Å². The number of benzene rings is 1. The minimum absolute atomic E-state index is 0.265. The second-order valence-corrected chi connectivity index (χ2v) is 7.62. The van der Waals surface area contributed by atoms with Gasteiger partial charge in [-0.05, 0) is 30.2 Å². The molecule has 2 aromatic heterocycles. The van der Waals surface area contributed by atoms with E-state index in [-0.39, 0.29) is 12.2 Å². The van der Waals surface area contributed by atoms with Crippen molar-refractivity contribution in [1.29, 1.82) is 0 Å². The van der Waals surface area contributed by atoms with Crippen molar-refractivity contribution in [3.05, 3.63) is 60.0 Å². The standard InChI is InChI=1S/C20H20ClN5O4/c1-2-15(27)25-19-13-8-24-26(20(13)23-9-22-19)14-7-12(17(29)18(14)30)16(28)10-3-5-11(21)6-4-10/h2-6,8-9,12,14,16-18,28-30H,1,7H2,(H,22,23,25,27)/t12-,14-,16?,17-,18+/m1/s1. The molecule has 1 fully saturated rings. The zero-order valence-electron chi connectivity index (χ0n) is 15.8. The number of rotatable bonds is 5. The van der Waals surface area contributed by atoms with E-state index in [2.05, 4.69) is 27.0 Å². The lowest BCUT2D eigenvalue weighted by Crippen LogP contribution is -2.31. The van der Waals surface area contributed by atoms with E-state index in [1.165, 1.54) is 17.2 Å². The average molecular weight is 430 g/mol. The molecule has 3 aromatic rings. The molecular formula is C20H20ClN5O4. The van der Waals surface area contributed by atoms with Gasteiger partial charge in [-0.3, -0.25) is 4.79 Å². The van der Waals surface area contributed by atoms with Crippen LogP contribution in [0, 0.1) is 5.92 Å². The van der Waals surface area contributed by atoms with Gasteiger partial charge in [0.2, 0.25) is 5.91 Å². The molecule has 30 heavy (non-hydrogen) atoms. The number of carbonyl (C=O) groups excluding carboxylic acids is 1. The molecule has 0 bridgehead atoms. The van der Waals surface area contributed by atoms with E-state index in [4.69, 9.17) is 11.6 Å². The topological polar surface area (TPSA) is 133 Å². The summed E-state index contributed by atoms with van der Waals surface area (Å²) in [6, 6.07) is 6.07. The first-order valence-corrected chi connectivity index (χ1v) is 9.69. The van der Waals surface area contributed by atoms with Crippen molar-refractivity contribution in [3.63, 3.8) is 0 Å². The molecule has 1 unspecified atom stereocenters. The Morgan fingerprint density at radius 3 is 2.70 bits per heavy atom. The van der Waals surface area contributed by atoms with Crippen LogP contribution in [-0.4, -0.2) is 53.2 Å². The van der Waals surface area contributed by atoms with Crippen LogP contribution in [0.3, 0.4) is 0 Å². The highest BCUT2D eigenvalue weighted by atomic mass is 35.5. The van der Waals surface area contributed by atoms with Gasteiger partial charge in [0.25, 0.3) is 0 Å². The number of nitrogens with one attached hydrogen (secondary N) is 1. The molecule has 10 heteroatoms. The van der Waals surface area contributed by atoms with Crippen LogP contribution in [0.25, 0.3) is 11.0 Å². The molecule has 1 saturated carbocycles. The van der Waals surface area contributed by atoms with Crippen molar-refractivity contribution >= 4 is 34.4 Å². The van der Waals surface area contributed by atoms with Crippen LogP contribution < -0.4 is 5.32 Å². The van der Waals surface area contributed by atoms with Gasteiger partial charge in [-0.2, -0.15) is 5.10 Å². The van der Waals surface area contributed by atoms with E-state index in [0.717, 1.165) is 6.08 Å². The summed E-state index contributed by atoms with van der Waals surface area (Å²) in [5.41, 5.74) is 0.987. The second-order valence-electron chi connectivity index (χ2n) is 7.19. The van der Waals surface area contributed by atoms with Gasteiger partial charge in [0.15, 0.2) is 5.65 Å². The number of carbonyl (C=O) groups is 1. The quantitative estimate of drug-likeness (QED) is 0.453. The van der Waals surface area contributed by atoms with Crippen LogP contribution in [0.5, 0.6) is 0 Å². The maximum absolute atomic E-state index is 11.6. The van der Waals surface area contributed by atoms with Gasteiger partial charge in [0.05, 0.1) is 29.8 Å². The highest BCUT2D eigenvalue weighted by Crippen LogP contribution is 2.42. The van der Waals surface area contributed by atoms with Gasteiger partial charge in [0, 0.05) is 10.9 Å². The van der Waals surface area contributed by atoms with E-state index in [9.17, 15) is 20.1 Å². The minimum Gasteiger partial charge on any atom is -0.390 e. The molecule has 1 aliphatic carbocycles. The van der Waals surface area contributed by atoms with Gasteiger partial charge in [-0.1, -0.05) is 30.3 Å². The third-order valence-electron chi connectivity index (χ3n) is 5.45. The Morgan fingerprint density at radius 1 is 1.27 bits per heavy atom. The van der Waals surface area contributed by atoms with Crippen LogP contribution in [0.4, 0.5) is 5.82 Å². The van der Waals surface area contributed by atoms with E-state index >= 15 is 0 Å². The van der Waals surface area contributed by atoms with E-state index in [0.29, 0.717) is 21.6 Å². The molecule has 0 aliphatic heterocycles. The minimum atomic E-state index is -1.17. The number of halogens is 1. The second kappa shape index (κ2) is 8.11. The SMILES string of the molecule is C=CC(=O)Nc1ncnc2c1cnn2[C@@H]1C[C@H](C(O)c2ccc(Cl)cc2)[C@@H](O)[C@H]1O. The van der Waals surface area contributed by atoms with Crippen molar-refractivity contribution in [1.82, 2.24) is 19.7 Å². The molecule has 0 radical (unpaired) electrons. The molecule has 2 heterocycles. The largest absolute Gasteiger partial charge is 0.390 e. The Morgan fingerprint density at radius 2 is 2.00 bits per heavy atom. The zero-order valence-corrected chi connectivity index (χ0v) is 16.5. The summed E-state index contributed by atoms with van der Waals surface area (Å²) in [7, 11) is 0. The summed E-state index contributed by atoms with van der Waals surface area (Å²) in [6.45, 7) is 3.41. The molecule has 0 spiro atoms. The molecule has 1 amide bonds. The van der Waals surface area contributed by atoms with Crippen LogP contribution in [0.15, 0.2) is 49.4 Å². The number of anilines is 1. The summed E-state index contributed by atoms with van der Waals surface area (Å²) in [6.07, 6.45) is 0.825. The highest BCUT2D eigenvalue weighted by molar-refractivity contribution is 6.30. The number of aromatic nitrogens is 4. The van der Waals surface area contributed by atoms with Gasteiger partial charge >= 0.3 is 0 Å². The monoisotopic (exact) mass is 429 g/mol. The Labute approximate surface area is 176 Å². The number of hydrogen-bond acceptors (Lipinski definition) is 7. The fourth-order valence-corrected chi connectivity index (χ4v) is 4.00. The molecule has 0 saturated heterocycles. The first kappa shape index (κ1) is 20.4. The van der Waals surface area contributed by atoms with Gasteiger partial charge in [-0.25, -0.2) is 14.6 Å². The molecule has 1 aromatic carbocycles.